The summed E-state index contributed by atoms with van der Waals surface area (Å²) >= 11 is 0. The van der Waals surface area contributed by atoms with Gasteiger partial charge in [0.15, 0.2) is 11.5 Å². The highest BCUT2D eigenvalue weighted by atomic mass is 16.5. The minimum atomic E-state index is -0.490. The molecule has 142 valence electrons. The highest BCUT2D eigenvalue weighted by molar-refractivity contribution is 6.15. The number of carbonyl (C=O) groups is 1. The SMILES string of the molecule is O=C(OCC1CC=CCC1)/C(=C/c1ccco1)n1nnnc1-c1ccccc1. The molecule has 0 amide bonds. The van der Waals surface area contributed by atoms with E-state index in [1.165, 1.54) is 4.68 Å². The van der Waals surface area contributed by atoms with Crippen molar-refractivity contribution in [3.8, 4) is 11.4 Å². The Bertz CT molecular complexity index is 974. The molecule has 0 N–H and O–H groups in total. The summed E-state index contributed by atoms with van der Waals surface area (Å²) in [4.78, 5) is 12.9. The van der Waals surface area contributed by atoms with Gasteiger partial charge in [-0.2, -0.15) is 4.68 Å². The Morgan fingerprint density at radius 1 is 1.21 bits per heavy atom. The number of benzene rings is 1. The quantitative estimate of drug-likeness (QED) is 0.369. The summed E-state index contributed by atoms with van der Waals surface area (Å²) in [6.07, 6.45) is 10.4. The summed E-state index contributed by atoms with van der Waals surface area (Å²) in [5.41, 5.74) is 0.994. The number of furan rings is 1. The zero-order valence-corrected chi connectivity index (χ0v) is 15.3. The summed E-state index contributed by atoms with van der Waals surface area (Å²) in [6.45, 7) is 0.363. The van der Waals surface area contributed by atoms with Crippen LogP contribution >= 0.6 is 0 Å². The molecule has 0 bridgehead atoms. The largest absolute Gasteiger partial charge is 0.465 e. The van der Waals surface area contributed by atoms with Crippen LogP contribution in [0.2, 0.25) is 0 Å². The van der Waals surface area contributed by atoms with Crippen LogP contribution in [0.5, 0.6) is 0 Å². The maximum Gasteiger partial charge on any atom is 0.357 e. The lowest BCUT2D eigenvalue weighted by molar-refractivity contribution is -0.138. The van der Waals surface area contributed by atoms with Crippen LogP contribution in [0.1, 0.15) is 25.0 Å². The number of carbonyl (C=O) groups excluding carboxylic acids is 1. The van der Waals surface area contributed by atoms with E-state index in [9.17, 15) is 4.79 Å². The van der Waals surface area contributed by atoms with Gasteiger partial charge < -0.3 is 9.15 Å². The van der Waals surface area contributed by atoms with Crippen LogP contribution in [0.25, 0.3) is 23.2 Å². The molecular formula is C21H20N4O3. The van der Waals surface area contributed by atoms with Crippen LogP contribution < -0.4 is 0 Å². The molecule has 0 fully saturated rings. The van der Waals surface area contributed by atoms with Gasteiger partial charge in [-0.25, -0.2) is 4.79 Å². The lowest BCUT2D eigenvalue weighted by Crippen LogP contribution is -2.19. The molecule has 1 aliphatic rings. The molecule has 0 saturated carbocycles. The maximum absolute atomic E-state index is 12.9. The number of ether oxygens (including phenoxy) is 1. The van der Waals surface area contributed by atoms with Gasteiger partial charge in [0, 0.05) is 11.6 Å². The normalized spacial score (nSPS) is 16.9. The Labute approximate surface area is 162 Å². The topological polar surface area (TPSA) is 83.0 Å². The highest BCUT2D eigenvalue weighted by Gasteiger charge is 2.22. The lowest BCUT2D eigenvalue weighted by atomic mass is 9.95. The molecule has 7 heteroatoms. The van der Waals surface area contributed by atoms with Gasteiger partial charge >= 0.3 is 5.97 Å². The number of hydrogen-bond donors (Lipinski definition) is 0. The predicted molar refractivity (Wildman–Crippen MR) is 104 cm³/mol. The third-order valence-electron chi connectivity index (χ3n) is 4.59. The number of aromatic nitrogens is 4. The van der Waals surface area contributed by atoms with Gasteiger partial charge in [0.2, 0.25) is 0 Å². The van der Waals surface area contributed by atoms with Gasteiger partial charge in [0.25, 0.3) is 0 Å². The highest BCUT2D eigenvalue weighted by Crippen LogP contribution is 2.23. The number of rotatable bonds is 6. The molecule has 2 heterocycles. The first-order valence-electron chi connectivity index (χ1n) is 9.23. The molecule has 0 radical (unpaired) electrons. The lowest BCUT2D eigenvalue weighted by Gasteiger charge is -2.18. The van der Waals surface area contributed by atoms with E-state index < -0.39 is 5.97 Å². The standard InChI is InChI=1S/C21H20N4O3/c26-21(28-15-16-8-3-1-4-9-16)19(14-18-12-7-13-27-18)25-20(22-23-24-25)17-10-5-2-6-11-17/h1-3,5-7,10-14,16H,4,8-9,15H2/b19-14-. The molecule has 3 aromatic rings. The van der Waals surface area contributed by atoms with Crippen molar-refractivity contribution >= 4 is 17.7 Å². The fourth-order valence-corrected chi connectivity index (χ4v) is 3.11. The Morgan fingerprint density at radius 3 is 2.86 bits per heavy atom. The first-order chi connectivity index (χ1) is 13.8. The molecule has 1 aliphatic carbocycles. The average molecular weight is 376 g/mol. The van der Waals surface area contributed by atoms with Crippen molar-refractivity contribution in [3.05, 3.63) is 66.6 Å². The Hall–Kier alpha value is -3.48. The fraction of sp³-hybridized carbons (Fsp3) is 0.238. The molecule has 0 spiro atoms. The molecule has 28 heavy (non-hydrogen) atoms. The number of tetrazole rings is 1. The van der Waals surface area contributed by atoms with Crippen molar-refractivity contribution in [1.82, 2.24) is 20.2 Å². The van der Waals surface area contributed by atoms with E-state index in [1.807, 2.05) is 30.3 Å². The summed E-state index contributed by atoms with van der Waals surface area (Å²) in [5, 5.41) is 11.9. The van der Waals surface area contributed by atoms with Crippen LogP contribution in [0.4, 0.5) is 0 Å². The third-order valence-corrected chi connectivity index (χ3v) is 4.59. The van der Waals surface area contributed by atoms with E-state index in [2.05, 4.69) is 27.7 Å². The van der Waals surface area contributed by atoms with Gasteiger partial charge in [-0.1, -0.05) is 42.5 Å². The van der Waals surface area contributed by atoms with Crippen molar-refractivity contribution < 1.29 is 13.9 Å². The third kappa shape index (κ3) is 4.09. The minimum absolute atomic E-state index is 0.199. The average Bonchev–Trinajstić information content (AvgIpc) is 3.43. The predicted octanol–water partition coefficient (Wildman–Crippen LogP) is 3.83. The molecule has 4 rings (SSSR count). The van der Waals surface area contributed by atoms with Crippen LogP contribution in [0.15, 0.2) is 65.3 Å². The zero-order valence-electron chi connectivity index (χ0n) is 15.3. The second kappa shape index (κ2) is 8.47. The van der Waals surface area contributed by atoms with Crippen LogP contribution in [-0.4, -0.2) is 32.8 Å². The fourth-order valence-electron chi connectivity index (χ4n) is 3.11. The monoisotopic (exact) mass is 376 g/mol. The van der Waals surface area contributed by atoms with Gasteiger partial charge in [0.1, 0.15) is 5.76 Å². The number of allylic oxidation sites excluding steroid dienone is 2. The van der Waals surface area contributed by atoms with E-state index >= 15 is 0 Å². The molecule has 7 nitrogen and oxygen atoms in total. The Morgan fingerprint density at radius 2 is 2.11 bits per heavy atom. The summed E-state index contributed by atoms with van der Waals surface area (Å²) in [5.74, 6) is 0.815. The Kier molecular flexibility index (Phi) is 5.42. The Balaban J connectivity index is 1.63. The van der Waals surface area contributed by atoms with Crippen molar-refractivity contribution in [2.24, 2.45) is 5.92 Å². The summed E-state index contributed by atoms with van der Waals surface area (Å²) in [7, 11) is 0. The molecular weight excluding hydrogens is 356 g/mol. The van der Waals surface area contributed by atoms with Gasteiger partial charge in [-0.3, -0.25) is 0 Å². The maximum atomic E-state index is 12.9. The molecule has 2 aromatic heterocycles. The van der Waals surface area contributed by atoms with Crippen molar-refractivity contribution in [1.29, 1.82) is 0 Å². The number of nitrogens with zero attached hydrogens (tertiary/aromatic N) is 4. The van der Waals surface area contributed by atoms with Crippen molar-refractivity contribution in [2.75, 3.05) is 6.61 Å². The van der Waals surface area contributed by atoms with E-state index in [-0.39, 0.29) is 5.70 Å². The van der Waals surface area contributed by atoms with E-state index in [1.54, 1.807) is 24.5 Å². The van der Waals surface area contributed by atoms with Crippen LogP contribution in [-0.2, 0) is 9.53 Å². The molecule has 1 unspecified atom stereocenters. The molecule has 0 aliphatic heterocycles. The van der Waals surface area contributed by atoms with Gasteiger partial charge in [-0.05, 0) is 47.7 Å². The first-order valence-corrected chi connectivity index (χ1v) is 9.23. The van der Waals surface area contributed by atoms with Gasteiger partial charge in [-0.15, -0.1) is 5.10 Å². The first kappa shape index (κ1) is 17.9. The van der Waals surface area contributed by atoms with Crippen LogP contribution in [0, 0.1) is 5.92 Å². The van der Waals surface area contributed by atoms with Crippen LogP contribution in [0.3, 0.4) is 0 Å². The second-order valence-corrected chi connectivity index (χ2v) is 6.57. The zero-order chi connectivity index (χ0) is 19.2. The number of esters is 1. The van der Waals surface area contributed by atoms with Crippen molar-refractivity contribution in [2.45, 2.75) is 19.3 Å². The van der Waals surface area contributed by atoms with Gasteiger partial charge in [0.05, 0.1) is 12.9 Å². The number of hydrogen-bond acceptors (Lipinski definition) is 6. The molecule has 0 saturated heterocycles. The van der Waals surface area contributed by atoms with E-state index in [0.717, 1.165) is 24.8 Å². The summed E-state index contributed by atoms with van der Waals surface area (Å²) in [6, 6.07) is 13.0. The smallest absolute Gasteiger partial charge is 0.357 e. The second-order valence-electron chi connectivity index (χ2n) is 6.57. The minimum Gasteiger partial charge on any atom is -0.465 e. The molecule has 1 aromatic carbocycles. The van der Waals surface area contributed by atoms with E-state index in [4.69, 9.17) is 9.15 Å². The van der Waals surface area contributed by atoms with Crippen molar-refractivity contribution in [3.63, 3.8) is 0 Å². The molecule has 1 atom stereocenters. The summed E-state index contributed by atoms with van der Waals surface area (Å²) < 4.78 is 12.4. The van der Waals surface area contributed by atoms with E-state index in [0.29, 0.717) is 24.1 Å².